The van der Waals surface area contributed by atoms with Crippen LogP contribution in [0.2, 0.25) is 0 Å². The zero-order valence-electron chi connectivity index (χ0n) is 17.2. The second kappa shape index (κ2) is 11.4. The lowest BCUT2D eigenvalue weighted by Gasteiger charge is -2.13. The summed E-state index contributed by atoms with van der Waals surface area (Å²) < 4.78 is 5.34. The molecule has 2 aromatic carbocycles. The van der Waals surface area contributed by atoms with E-state index in [2.05, 4.69) is 51.9 Å². The summed E-state index contributed by atoms with van der Waals surface area (Å²) in [6.45, 7) is 3.35. The highest BCUT2D eigenvalue weighted by atomic mass is 127. The first-order chi connectivity index (χ1) is 14.1. The first kappa shape index (κ1) is 23.5. The number of nitrogens with one attached hydrogen (secondary N) is 3. The Balaban J connectivity index is 0.00000320. The number of H-pyrrole nitrogens is 1. The number of nitrogens with zero attached hydrogens (tertiary/aromatic N) is 1. The molecule has 8 heteroatoms. The SMILES string of the molecule is CN=C(NCCc1c[nH]c2cccc(C)c12)NCc1cccc(OCC(N)=O)c1.I. The van der Waals surface area contributed by atoms with Crippen molar-refractivity contribution >= 4 is 46.7 Å². The van der Waals surface area contributed by atoms with Crippen LogP contribution in [-0.4, -0.2) is 37.1 Å². The summed E-state index contributed by atoms with van der Waals surface area (Å²) in [6.07, 6.45) is 2.97. The Morgan fingerprint density at radius 1 is 1.20 bits per heavy atom. The van der Waals surface area contributed by atoms with E-state index < -0.39 is 5.91 Å². The molecule has 0 radical (unpaired) electrons. The summed E-state index contributed by atoms with van der Waals surface area (Å²) in [6, 6.07) is 13.8. The van der Waals surface area contributed by atoms with Gasteiger partial charge in [0, 0.05) is 37.2 Å². The van der Waals surface area contributed by atoms with Crippen molar-refractivity contribution in [1.82, 2.24) is 15.6 Å². The number of aryl methyl sites for hydroxylation is 1. The molecule has 3 rings (SSSR count). The molecular formula is C22H28IN5O2. The molecule has 1 aromatic heterocycles. The van der Waals surface area contributed by atoms with Gasteiger partial charge >= 0.3 is 0 Å². The van der Waals surface area contributed by atoms with Crippen LogP contribution in [0.5, 0.6) is 5.75 Å². The van der Waals surface area contributed by atoms with E-state index in [4.69, 9.17) is 10.5 Å². The van der Waals surface area contributed by atoms with Crippen molar-refractivity contribution in [2.45, 2.75) is 19.9 Å². The number of benzene rings is 2. The third kappa shape index (κ3) is 6.38. The van der Waals surface area contributed by atoms with Crippen LogP contribution in [0.1, 0.15) is 16.7 Å². The van der Waals surface area contributed by atoms with Crippen molar-refractivity contribution in [3.8, 4) is 5.75 Å². The average molecular weight is 521 g/mol. The first-order valence-corrected chi connectivity index (χ1v) is 9.57. The van der Waals surface area contributed by atoms with Gasteiger partial charge in [0.05, 0.1) is 0 Å². The van der Waals surface area contributed by atoms with Crippen LogP contribution in [0.3, 0.4) is 0 Å². The number of hydrogen-bond acceptors (Lipinski definition) is 3. The Hall–Kier alpha value is -2.75. The van der Waals surface area contributed by atoms with Crippen LogP contribution in [-0.2, 0) is 17.8 Å². The number of nitrogens with two attached hydrogens (primary N) is 1. The normalized spacial score (nSPS) is 11.1. The van der Waals surface area contributed by atoms with E-state index in [1.165, 1.54) is 22.0 Å². The molecule has 160 valence electrons. The standard InChI is InChI=1S/C22H27N5O2.HI/c1-15-5-3-8-19-21(15)17(13-26-19)9-10-25-22(24-2)27-12-16-6-4-7-18(11-16)29-14-20(23)28;/h3-8,11,13,26H,9-10,12,14H2,1-2H3,(H2,23,28)(H2,24,25,27);1H. The molecule has 3 aromatic rings. The van der Waals surface area contributed by atoms with Crippen LogP contribution in [0.25, 0.3) is 10.9 Å². The van der Waals surface area contributed by atoms with E-state index in [1.54, 1.807) is 13.1 Å². The summed E-state index contributed by atoms with van der Waals surface area (Å²) in [5.41, 5.74) is 9.87. The van der Waals surface area contributed by atoms with Crippen LogP contribution in [0.4, 0.5) is 0 Å². The number of carbonyl (C=O) groups is 1. The number of guanidine groups is 1. The summed E-state index contributed by atoms with van der Waals surface area (Å²) in [5.74, 6) is 0.842. The van der Waals surface area contributed by atoms with Gasteiger partial charge in [0.15, 0.2) is 12.6 Å². The number of primary amides is 1. The van der Waals surface area contributed by atoms with E-state index in [0.29, 0.717) is 12.3 Å². The van der Waals surface area contributed by atoms with Gasteiger partial charge in [-0.1, -0.05) is 24.3 Å². The Labute approximate surface area is 193 Å². The van der Waals surface area contributed by atoms with Gasteiger partial charge in [0.1, 0.15) is 5.75 Å². The van der Waals surface area contributed by atoms with Gasteiger partial charge in [-0.3, -0.25) is 9.79 Å². The predicted octanol–water partition coefficient (Wildman–Crippen LogP) is 2.87. The van der Waals surface area contributed by atoms with Crippen LogP contribution in [0.15, 0.2) is 53.7 Å². The number of fused-ring (bicyclic) bond motifs is 1. The minimum Gasteiger partial charge on any atom is -0.484 e. The number of hydrogen-bond donors (Lipinski definition) is 4. The fraction of sp³-hybridized carbons (Fsp3) is 0.273. The maximum Gasteiger partial charge on any atom is 0.255 e. The van der Waals surface area contributed by atoms with E-state index in [9.17, 15) is 4.79 Å². The third-order valence-electron chi connectivity index (χ3n) is 4.65. The number of ether oxygens (including phenoxy) is 1. The second-order valence-electron chi connectivity index (χ2n) is 6.82. The molecule has 0 aliphatic carbocycles. The topological polar surface area (TPSA) is 105 Å². The number of aromatic nitrogens is 1. The molecule has 5 N–H and O–H groups in total. The molecule has 0 atom stereocenters. The molecule has 1 amide bonds. The van der Waals surface area contributed by atoms with Gasteiger partial charge in [-0.15, -0.1) is 24.0 Å². The quantitative estimate of drug-likeness (QED) is 0.208. The van der Waals surface area contributed by atoms with Crippen molar-refractivity contribution in [2.75, 3.05) is 20.2 Å². The molecule has 0 fully saturated rings. The summed E-state index contributed by atoms with van der Waals surface area (Å²) in [4.78, 5) is 18.5. The van der Waals surface area contributed by atoms with Crippen molar-refractivity contribution in [3.63, 3.8) is 0 Å². The zero-order valence-corrected chi connectivity index (χ0v) is 19.5. The smallest absolute Gasteiger partial charge is 0.255 e. The van der Waals surface area contributed by atoms with Crippen LogP contribution in [0, 0.1) is 6.92 Å². The molecular weight excluding hydrogens is 493 g/mol. The molecule has 0 saturated heterocycles. The Morgan fingerprint density at radius 3 is 2.77 bits per heavy atom. The number of aromatic amines is 1. The highest BCUT2D eigenvalue weighted by Crippen LogP contribution is 2.22. The zero-order chi connectivity index (χ0) is 20.6. The molecule has 0 bridgehead atoms. The lowest BCUT2D eigenvalue weighted by Crippen LogP contribution is -2.37. The largest absolute Gasteiger partial charge is 0.484 e. The maximum absolute atomic E-state index is 10.8. The van der Waals surface area contributed by atoms with Crippen molar-refractivity contribution in [2.24, 2.45) is 10.7 Å². The van der Waals surface area contributed by atoms with Gasteiger partial charge in [0.25, 0.3) is 5.91 Å². The average Bonchev–Trinajstić information content (AvgIpc) is 3.14. The van der Waals surface area contributed by atoms with Crippen LogP contribution < -0.4 is 21.1 Å². The summed E-state index contributed by atoms with van der Waals surface area (Å²) >= 11 is 0. The highest BCUT2D eigenvalue weighted by Gasteiger charge is 2.06. The van der Waals surface area contributed by atoms with E-state index in [0.717, 1.165) is 24.5 Å². The summed E-state index contributed by atoms with van der Waals surface area (Å²) in [5, 5.41) is 7.94. The monoisotopic (exact) mass is 521 g/mol. The molecule has 7 nitrogen and oxygen atoms in total. The van der Waals surface area contributed by atoms with E-state index in [1.807, 2.05) is 18.2 Å². The maximum atomic E-state index is 10.8. The molecule has 0 spiro atoms. The van der Waals surface area contributed by atoms with Crippen molar-refractivity contribution in [1.29, 1.82) is 0 Å². The molecule has 0 aliphatic heterocycles. The number of carbonyl (C=O) groups excluding carboxylic acids is 1. The minimum absolute atomic E-state index is 0. The van der Waals surface area contributed by atoms with Gasteiger partial charge in [-0.2, -0.15) is 0 Å². The van der Waals surface area contributed by atoms with Gasteiger partial charge < -0.3 is 26.1 Å². The summed E-state index contributed by atoms with van der Waals surface area (Å²) in [7, 11) is 1.75. The lowest BCUT2D eigenvalue weighted by molar-refractivity contribution is -0.119. The Morgan fingerprint density at radius 2 is 2.00 bits per heavy atom. The Kier molecular flexibility index (Phi) is 8.97. The number of rotatable bonds is 8. The fourth-order valence-corrected chi connectivity index (χ4v) is 3.27. The first-order valence-electron chi connectivity index (χ1n) is 9.57. The molecule has 0 aliphatic rings. The molecule has 30 heavy (non-hydrogen) atoms. The van der Waals surface area contributed by atoms with E-state index >= 15 is 0 Å². The van der Waals surface area contributed by atoms with Crippen LogP contribution >= 0.6 is 24.0 Å². The number of amides is 1. The van der Waals surface area contributed by atoms with Gasteiger partial charge in [-0.05, 0) is 48.2 Å². The molecule has 0 saturated carbocycles. The Bertz CT molecular complexity index is 1020. The van der Waals surface area contributed by atoms with Crippen molar-refractivity contribution in [3.05, 3.63) is 65.4 Å². The molecule has 0 unspecified atom stereocenters. The van der Waals surface area contributed by atoms with Gasteiger partial charge in [0.2, 0.25) is 0 Å². The van der Waals surface area contributed by atoms with Crippen molar-refractivity contribution < 1.29 is 9.53 Å². The highest BCUT2D eigenvalue weighted by molar-refractivity contribution is 14.0. The third-order valence-corrected chi connectivity index (χ3v) is 4.65. The number of halogens is 1. The van der Waals surface area contributed by atoms with Gasteiger partial charge in [-0.25, -0.2) is 0 Å². The van der Waals surface area contributed by atoms with E-state index in [-0.39, 0.29) is 30.6 Å². The second-order valence-corrected chi connectivity index (χ2v) is 6.82. The lowest BCUT2D eigenvalue weighted by atomic mass is 10.1. The minimum atomic E-state index is -0.497. The predicted molar refractivity (Wildman–Crippen MR) is 131 cm³/mol. The number of aliphatic imine (C=N–C) groups is 1. The molecule has 1 heterocycles. The fourth-order valence-electron chi connectivity index (χ4n) is 3.27.